The third-order valence-electron chi connectivity index (χ3n) is 3.00. The van der Waals surface area contributed by atoms with E-state index in [1.807, 2.05) is 13.8 Å². The Morgan fingerprint density at radius 2 is 1.89 bits per heavy atom. The lowest BCUT2D eigenvalue weighted by molar-refractivity contribution is -0.0440. The minimum atomic E-state index is -3.71. The largest absolute Gasteiger partial charge is 0.396 e. The van der Waals surface area contributed by atoms with Crippen molar-refractivity contribution in [1.29, 1.82) is 0 Å². The van der Waals surface area contributed by atoms with Crippen molar-refractivity contribution in [3.8, 4) is 0 Å². The van der Waals surface area contributed by atoms with Gasteiger partial charge in [-0.15, -0.1) is 0 Å². The van der Waals surface area contributed by atoms with Crippen molar-refractivity contribution in [1.82, 2.24) is 4.31 Å². The van der Waals surface area contributed by atoms with Crippen LogP contribution in [0.25, 0.3) is 0 Å². The van der Waals surface area contributed by atoms with Gasteiger partial charge < -0.3 is 10.5 Å². The SMILES string of the molecule is C[C@@H]1CN(S(=O)(=O)c2ccc(N)c(F)c2)C[C@H](C)O1. The molecule has 0 radical (unpaired) electrons. The molecule has 5 nitrogen and oxygen atoms in total. The van der Waals surface area contributed by atoms with E-state index < -0.39 is 15.8 Å². The molecule has 0 amide bonds. The average molecular weight is 288 g/mol. The predicted octanol–water partition coefficient (Wildman–Crippen LogP) is 1.21. The van der Waals surface area contributed by atoms with E-state index in [1.54, 1.807) is 0 Å². The lowest BCUT2D eigenvalue weighted by atomic mass is 10.3. The number of anilines is 1. The highest BCUT2D eigenvalue weighted by atomic mass is 32.2. The Morgan fingerprint density at radius 1 is 1.32 bits per heavy atom. The molecule has 106 valence electrons. The van der Waals surface area contributed by atoms with Crippen molar-refractivity contribution in [3.63, 3.8) is 0 Å². The monoisotopic (exact) mass is 288 g/mol. The van der Waals surface area contributed by atoms with Gasteiger partial charge in [-0.05, 0) is 32.0 Å². The molecule has 1 heterocycles. The molecule has 0 saturated carbocycles. The number of morpholine rings is 1. The van der Waals surface area contributed by atoms with E-state index in [-0.39, 0.29) is 35.9 Å². The standard InChI is InChI=1S/C12H17FN2O3S/c1-8-6-15(7-9(2)18-8)19(16,17)10-3-4-12(14)11(13)5-10/h3-5,8-9H,6-7,14H2,1-2H3/t8-,9+. The van der Waals surface area contributed by atoms with Crippen LogP contribution in [0.2, 0.25) is 0 Å². The number of nitrogens with zero attached hydrogens (tertiary/aromatic N) is 1. The first-order valence-corrected chi connectivity index (χ1v) is 7.45. The summed E-state index contributed by atoms with van der Waals surface area (Å²) < 4.78 is 45.0. The van der Waals surface area contributed by atoms with Gasteiger partial charge in [-0.2, -0.15) is 4.31 Å². The van der Waals surface area contributed by atoms with E-state index in [4.69, 9.17) is 10.5 Å². The molecular weight excluding hydrogens is 271 g/mol. The molecule has 1 saturated heterocycles. The Kier molecular flexibility index (Phi) is 3.80. The Balaban J connectivity index is 2.33. The van der Waals surface area contributed by atoms with Crippen molar-refractivity contribution in [3.05, 3.63) is 24.0 Å². The number of halogens is 1. The third-order valence-corrected chi connectivity index (χ3v) is 4.82. The fraction of sp³-hybridized carbons (Fsp3) is 0.500. The number of benzene rings is 1. The van der Waals surface area contributed by atoms with Gasteiger partial charge in [-0.25, -0.2) is 12.8 Å². The molecular formula is C12H17FN2O3S. The first kappa shape index (κ1) is 14.2. The van der Waals surface area contributed by atoms with Crippen molar-refractivity contribution < 1.29 is 17.5 Å². The number of hydrogen-bond acceptors (Lipinski definition) is 4. The molecule has 0 spiro atoms. The first-order valence-electron chi connectivity index (χ1n) is 6.01. The molecule has 0 aliphatic carbocycles. The Bertz CT molecular complexity index is 566. The van der Waals surface area contributed by atoms with E-state index in [9.17, 15) is 12.8 Å². The molecule has 1 aliphatic rings. The van der Waals surface area contributed by atoms with Crippen molar-refractivity contribution >= 4 is 15.7 Å². The van der Waals surface area contributed by atoms with Crippen LogP contribution in [0.1, 0.15) is 13.8 Å². The van der Waals surface area contributed by atoms with Crippen molar-refractivity contribution in [2.75, 3.05) is 18.8 Å². The number of nitrogen functional groups attached to an aromatic ring is 1. The fourth-order valence-corrected chi connectivity index (χ4v) is 3.75. The van der Waals surface area contributed by atoms with Gasteiger partial charge in [-0.1, -0.05) is 0 Å². The molecule has 1 aliphatic heterocycles. The quantitative estimate of drug-likeness (QED) is 0.830. The van der Waals surface area contributed by atoms with Crippen molar-refractivity contribution in [2.24, 2.45) is 0 Å². The van der Waals surface area contributed by atoms with E-state index in [1.165, 1.54) is 16.4 Å². The van der Waals surface area contributed by atoms with Gasteiger partial charge >= 0.3 is 0 Å². The van der Waals surface area contributed by atoms with Crippen LogP contribution in [0.5, 0.6) is 0 Å². The van der Waals surface area contributed by atoms with Crippen LogP contribution in [0.15, 0.2) is 23.1 Å². The second-order valence-electron chi connectivity index (χ2n) is 4.76. The molecule has 7 heteroatoms. The number of nitrogens with two attached hydrogens (primary N) is 1. The second kappa shape index (κ2) is 5.07. The molecule has 2 atom stereocenters. The van der Waals surface area contributed by atoms with Gasteiger partial charge in [0.2, 0.25) is 10.0 Å². The second-order valence-corrected chi connectivity index (χ2v) is 6.70. The maximum Gasteiger partial charge on any atom is 0.243 e. The maximum absolute atomic E-state index is 13.4. The lowest BCUT2D eigenvalue weighted by Crippen LogP contribution is -2.48. The molecule has 0 bridgehead atoms. The van der Waals surface area contributed by atoms with Gasteiger partial charge in [0.25, 0.3) is 0 Å². The van der Waals surface area contributed by atoms with Crippen LogP contribution in [-0.2, 0) is 14.8 Å². The summed E-state index contributed by atoms with van der Waals surface area (Å²) in [5, 5.41) is 0. The lowest BCUT2D eigenvalue weighted by Gasteiger charge is -2.34. The van der Waals surface area contributed by atoms with Crippen LogP contribution >= 0.6 is 0 Å². The van der Waals surface area contributed by atoms with Gasteiger partial charge in [0.05, 0.1) is 22.8 Å². The molecule has 0 aromatic heterocycles. The minimum Gasteiger partial charge on any atom is -0.396 e. The summed E-state index contributed by atoms with van der Waals surface area (Å²) in [5.74, 6) is -0.726. The van der Waals surface area contributed by atoms with Gasteiger partial charge in [0, 0.05) is 13.1 Å². The van der Waals surface area contributed by atoms with E-state index >= 15 is 0 Å². The number of ether oxygens (including phenoxy) is 1. The van der Waals surface area contributed by atoms with Crippen LogP contribution in [0.4, 0.5) is 10.1 Å². The first-order chi connectivity index (χ1) is 8.80. The van der Waals surface area contributed by atoms with Crippen LogP contribution < -0.4 is 5.73 Å². The summed E-state index contributed by atoms with van der Waals surface area (Å²) in [4.78, 5) is -0.0829. The molecule has 0 unspecified atom stereocenters. The predicted molar refractivity (Wildman–Crippen MR) is 69.6 cm³/mol. The molecule has 2 N–H and O–H groups in total. The highest BCUT2D eigenvalue weighted by Crippen LogP contribution is 2.23. The zero-order chi connectivity index (χ0) is 14.2. The highest BCUT2D eigenvalue weighted by Gasteiger charge is 2.32. The average Bonchev–Trinajstić information content (AvgIpc) is 2.31. The number of hydrogen-bond donors (Lipinski definition) is 1. The molecule has 2 rings (SSSR count). The topological polar surface area (TPSA) is 72.6 Å². The Morgan fingerprint density at radius 3 is 2.42 bits per heavy atom. The number of sulfonamides is 1. The zero-order valence-electron chi connectivity index (χ0n) is 10.8. The van der Waals surface area contributed by atoms with Crippen LogP contribution in [-0.4, -0.2) is 38.0 Å². The molecule has 1 aromatic carbocycles. The summed E-state index contributed by atoms with van der Waals surface area (Å²) in [6, 6.07) is 3.53. The Hall–Kier alpha value is -1.18. The molecule has 1 fully saturated rings. The van der Waals surface area contributed by atoms with Gasteiger partial charge in [0.1, 0.15) is 5.82 Å². The fourth-order valence-electron chi connectivity index (χ4n) is 2.14. The zero-order valence-corrected chi connectivity index (χ0v) is 11.7. The summed E-state index contributed by atoms with van der Waals surface area (Å²) in [7, 11) is -3.71. The van der Waals surface area contributed by atoms with Gasteiger partial charge in [-0.3, -0.25) is 0 Å². The summed E-state index contributed by atoms with van der Waals surface area (Å²) in [6.45, 7) is 4.14. The highest BCUT2D eigenvalue weighted by molar-refractivity contribution is 7.89. The molecule has 19 heavy (non-hydrogen) atoms. The molecule has 1 aromatic rings. The van der Waals surface area contributed by atoms with E-state index in [0.717, 1.165) is 6.07 Å². The summed E-state index contributed by atoms with van der Waals surface area (Å²) in [6.07, 6.45) is -0.366. The van der Waals surface area contributed by atoms with Crippen molar-refractivity contribution in [2.45, 2.75) is 31.0 Å². The van der Waals surface area contributed by atoms with Crippen LogP contribution in [0.3, 0.4) is 0 Å². The van der Waals surface area contributed by atoms with Gasteiger partial charge in [0.15, 0.2) is 0 Å². The summed E-state index contributed by atoms with van der Waals surface area (Å²) >= 11 is 0. The van der Waals surface area contributed by atoms with Crippen LogP contribution in [0, 0.1) is 5.82 Å². The smallest absolute Gasteiger partial charge is 0.243 e. The number of rotatable bonds is 2. The van der Waals surface area contributed by atoms with E-state index in [0.29, 0.717) is 0 Å². The van der Waals surface area contributed by atoms with E-state index in [2.05, 4.69) is 0 Å². The minimum absolute atomic E-state index is 0.0670. The summed E-state index contributed by atoms with van der Waals surface area (Å²) in [5.41, 5.74) is 5.28. The Labute approximate surface area is 112 Å². The normalized spacial score (nSPS) is 25.4. The maximum atomic E-state index is 13.4. The third kappa shape index (κ3) is 2.88.